The Morgan fingerprint density at radius 3 is 2.86 bits per heavy atom. The molecular formula is C15H10BrClFN3. The summed E-state index contributed by atoms with van der Waals surface area (Å²) in [4.78, 5) is 4.22. The molecule has 0 spiro atoms. The van der Waals surface area contributed by atoms with E-state index in [9.17, 15) is 4.39 Å². The molecule has 0 saturated carbocycles. The highest BCUT2D eigenvalue weighted by Gasteiger charge is 2.13. The van der Waals surface area contributed by atoms with E-state index in [1.165, 1.54) is 6.07 Å². The first-order valence-corrected chi connectivity index (χ1v) is 7.29. The second kappa shape index (κ2) is 5.50. The van der Waals surface area contributed by atoms with Gasteiger partial charge in [0, 0.05) is 17.3 Å². The zero-order chi connectivity index (χ0) is 15.0. The normalized spacial score (nSPS) is 10.8. The quantitative estimate of drug-likeness (QED) is 0.619. The lowest BCUT2D eigenvalue weighted by molar-refractivity contribution is 0.634. The summed E-state index contributed by atoms with van der Waals surface area (Å²) in [7, 11) is 0. The molecule has 6 heteroatoms. The van der Waals surface area contributed by atoms with E-state index in [2.05, 4.69) is 26.2 Å². The summed E-state index contributed by atoms with van der Waals surface area (Å²) in [6, 6.07) is 10.2. The molecule has 2 aromatic carbocycles. The van der Waals surface area contributed by atoms with E-state index in [-0.39, 0.29) is 5.69 Å². The number of nitrogens with zero attached hydrogens (tertiary/aromatic N) is 1. The monoisotopic (exact) mass is 365 g/mol. The molecule has 21 heavy (non-hydrogen) atoms. The average molecular weight is 367 g/mol. The van der Waals surface area contributed by atoms with Gasteiger partial charge in [-0.2, -0.15) is 0 Å². The highest BCUT2D eigenvalue weighted by Crippen LogP contribution is 2.36. The molecule has 3 rings (SSSR count). The van der Waals surface area contributed by atoms with Crippen LogP contribution in [0.1, 0.15) is 0 Å². The minimum absolute atomic E-state index is 0.266. The van der Waals surface area contributed by atoms with Gasteiger partial charge in [-0.25, -0.2) is 4.39 Å². The van der Waals surface area contributed by atoms with E-state index < -0.39 is 5.82 Å². The number of hydrogen-bond acceptors (Lipinski definition) is 3. The number of nitrogens with one attached hydrogen (secondary N) is 1. The summed E-state index contributed by atoms with van der Waals surface area (Å²) >= 11 is 9.43. The van der Waals surface area contributed by atoms with Crippen molar-refractivity contribution < 1.29 is 4.39 Å². The van der Waals surface area contributed by atoms with Gasteiger partial charge in [0.05, 0.1) is 20.7 Å². The largest absolute Gasteiger partial charge is 0.398 e. The number of hydrogen-bond donors (Lipinski definition) is 2. The number of rotatable bonds is 2. The van der Waals surface area contributed by atoms with Gasteiger partial charge in [-0.1, -0.05) is 17.7 Å². The standard InChI is InChI=1S/C15H10BrClFN3/c16-13-9(17)4-1-5-12(13)21-15-10(18)7-11(19)8-3-2-6-20-14(8)15/h1-7,21H,19H2. The summed E-state index contributed by atoms with van der Waals surface area (Å²) in [5, 5.41) is 4.26. The summed E-state index contributed by atoms with van der Waals surface area (Å²) < 4.78 is 14.9. The molecule has 106 valence electrons. The lowest BCUT2D eigenvalue weighted by atomic mass is 10.1. The Hall–Kier alpha value is -1.85. The molecule has 0 aliphatic rings. The fourth-order valence-corrected chi connectivity index (χ4v) is 2.63. The van der Waals surface area contributed by atoms with Crippen LogP contribution in [0.25, 0.3) is 10.9 Å². The third-order valence-corrected chi connectivity index (χ3v) is 4.49. The minimum atomic E-state index is -0.467. The second-order valence-electron chi connectivity index (χ2n) is 4.45. The van der Waals surface area contributed by atoms with Gasteiger partial charge in [0.25, 0.3) is 0 Å². The molecule has 0 unspecified atom stereocenters. The van der Waals surface area contributed by atoms with Crippen LogP contribution in [0.4, 0.5) is 21.5 Å². The van der Waals surface area contributed by atoms with Crippen LogP contribution < -0.4 is 11.1 Å². The van der Waals surface area contributed by atoms with Crippen LogP contribution in [0.5, 0.6) is 0 Å². The number of pyridine rings is 1. The molecule has 3 nitrogen and oxygen atoms in total. The summed E-state index contributed by atoms with van der Waals surface area (Å²) in [6.07, 6.45) is 1.60. The van der Waals surface area contributed by atoms with Gasteiger partial charge in [0.1, 0.15) is 5.69 Å². The Morgan fingerprint density at radius 2 is 2.05 bits per heavy atom. The maximum absolute atomic E-state index is 14.3. The van der Waals surface area contributed by atoms with Crippen LogP contribution >= 0.6 is 27.5 Å². The molecule has 0 radical (unpaired) electrons. The van der Waals surface area contributed by atoms with Crippen LogP contribution in [0.15, 0.2) is 47.1 Å². The number of fused-ring (bicyclic) bond motifs is 1. The number of nitrogen functional groups attached to an aromatic ring is 1. The smallest absolute Gasteiger partial charge is 0.150 e. The lowest BCUT2D eigenvalue weighted by Gasteiger charge is -2.13. The molecule has 1 aromatic heterocycles. The van der Waals surface area contributed by atoms with Gasteiger partial charge < -0.3 is 11.1 Å². The Balaban J connectivity index is 2.19. The van der Waals surface area contributed by atoms with Gasteiger partial charge in [-0.15, -0.1) is 0 Å². The SMILES string of the molecule is Nc1cc(F)c(Nc2cccc(Cl)c2Br)c2ncccc12. The maximum Gasteiger partial charge on any atom is 0.150 e. The Kier molecular flexibility index (Phi) is 3.69. The fourth-order valence-electron chi connectivity index (χ4n) is 2.09. The van der Waals surface area contributed by atoms with Gasteiger partial charge in [0.15, 0.2) is 5.82 Å². The van der Waals surface area contributed by atoms with Crippen LogP contribution in [0.2, 0.25) is 5.02 Å². The molecule has 3 N–H and O–H groups in total. The fraction of sp³-hybridized carbons (Fsp3) is 0. The van der Waals surface area contributed by atoms with E-state index in [0.717, 1.165) is 0 Å². The summed E-state index contributed by atoms with van der Waals surface area (Å²) in [5.41, 5.74) is 7.58. The Bertz CT molecular complexity index is 839. The molecular weight excluding hydrogens is 357 g/mol. The molecule has 0 aliphatic carbocycles. The van der Waals surface area contributed by atoms with E-state index in [4.69, 9.17) is 17.3 Å². The van der Waals surface area contributed by atoms with Crippen molar-refractivity contribution in [2.45, 2.75) is 0 Å². The predicted molar refractivity (Wildman–Crippen MR) is 88.5 cm³/mol. The molecule has 0 atom stereocenters. The van der Waals surface area contributed by atoms with E-state index >= 15 is 0 Å². The van der Waals surface area contributed by atoms with E-state index in [0.29, 0.717) is 31.8 Å². The molecule has 0 aliphatic heterocycles. The van der Waals surface area contributed by atoms with Crippen LogP contribution in [0.3, 0.4) is 0 Å². The molecule has 3 aromatic rings. The zero-order valence-corrected chi connectivity index (χ0v) is 13.0. The zero-order valence-electron chi connectivity index (χ0n) is 10.7. The van der Waals surface area contributed by atoms with Gasteiger partial charge in [0.2, 0.25) is 0 Å². The van der Waals surface area contributed by atoms with Crippen LogP contribution in [-0.2, 0) is 0 Å². The minimum Gasteiger partial charge on any atom is -0.398 e. The topological polar surface area (TPSA) is 50.9 Å². The van der Waals surface area contributed by atoms with E-state index in [1.54, 1.807) is 36.5 Å². The van der Waals surface area contributed by atoms with Gasteiger partial charge >= 0.3 is 0 Å². The molecule has 0 amide bonds. The average Bonchev–Trinajstić information content (AvgIpc) is 2.47. The third-order valence-electron chi connectivity index (χ3n) is 3.09. The second-order valence-corrected chi connectivity index (χ2v) is 5.65. The number of halogens is 3. The lowest BCUT2D eigenvalue weighted by Crippen LogP contribution is -2.00. The van der Waals surface area contributed by atoms with Crippen LogP contribution in [0, 0.1) is 5.82 Å². The van der Waals surface area contributed by atoms with Crippen molar-refractivity contribution in [1.29, 1.82) is 0 Å². The predicted octanol–water partition coefficient (Wildman–Crippen LogP) is 5.12. The van der Waals surface area contributed by atoms with Gasteiger partial charge in [-0.3, -0.25) is 4.98 Å². The van der Waals surface area contributed by atoms with Crippen molar-refractivity contribution in [2.75, 3.05) is 11.1 Å². The molecule has 0 saturated heterocycles. The van der Waals surface area contributed by atoms with Crippen molar-refractivity contribution in [1.82, 2.24) is 4.98 Å². The van der Waals surface area contributed by atoms with Crippen LogP contribution in [-0.4, -0.2) is 4.98 Å². The van der Waals surface area contributed by atoms with Crippen molar-refractivity contribution in [3.05, 3.63) is 57.9 Å². The molecule has 0 fully saturated rings. The molecule has 1 heterocycles. The van der Waals surface area contributed by atoms with Crippen molar-refractivity contribution in [3.8, 4) is 0 Å². The van der Waals surface area contributed by atoms with Crippen molar-refractivity contribution >= 4 is 55.5 Å². The van der Waals surface area contributed by atoms with Gasteiger partial charge in [-0.05, 0) is 46.3 Å². The van der Waals surface area contributed by atoms with Crippen molar-refractivity contribution in [2.24, 2.45) is 0 Å². The maximum atomic E-state index is 14.3. The molecule has 0 bridgehead atoms. The highest BCUT2D eigenvalue weighted by atomic mass is 79.9. The summed E-state index contributed by atoms with van der Waals surface area (Å²) in [5.74, 6) is -0.467. The number of benzene rings is 2. The van der Waals surface area contributed by atoms with Crippen molar-refractivity contribution in [3.63, 3.8) is 0 Å². The number of anilines is 3. The first-order chi connectivity index (χ1) is 10.1. The first-order valence-electron chi connectivity index (χ1n) is 6.11. The number of aromatic nitrogens is 1. The highest BCUT2D eigenvalue weighted by molar-refractivity contribution is 9.10. The third kappa shape index (κ3) is 2.54. The Morgan fingerprint density at radius 1 is 1.24 bits per heavy atom. The Labute approximate surface area is 134 Å². The first kappa shape index (κ1) is 14.1. The van der Waals surface area contributed by atoms with E-state index in [1.807, 2.05) is 0 Å². The summed E-state index contributed by atoms with van der Waals surface area (Å²) in [6.45, 7) is 0. The number of nitrogens with two attached hydrogens (primary N) is 1.